The molecule has 0 spiro atoms. The highest BCUT2D eigenvalue weighted by molar-refractivity contribution is 6.45. The van der Waals surface area contributed by atoms with E-state index in [1.165, 1.54) is 20.2 Å². The Bertz CT molecular complexity index is 1340. The van der Waals surface area contributed by atoms with Crippen molar-refractivity contribution in [3.05, 3.63) is 58.2 Å². The van der Waals surface area contributed by atoms with Crippen LogP contribution >= 0.6 is 23.2 Å². The Morgan fingerprint density at radius 1 is 1.11 bits per heavy atom. The molecule has 1 aliphatic heterocycles. The Labute approximate surface area is 227 Å². The third-order valence-corrected chi connectivity index (χ3v) is 6.76. The van der Waals surface area contributed by atoms with Crippen LogP contribution in [0.25, 0.3) is 10.9 Å². The molecule has 5 N–H and O–H groups in total. The lowest BCUT2D eigenvalue weighted by atomic mass is 9.97. The molecule has 3 aromatic rings. The van der Waals surface area contributed by atoms with Crippen LogP contribution in [-0.4, -0.2) is 76.5 Å². The normalized spacial score (nSPS) is 23.1. The second-order valence-electron chi connectivity index (χ2n) is 8.50. The number of esters is 1. The number of amides is 1. The number of aliphatic hydroxyl groups is 3. The van der Waals surface area contributed by atoms with E-state index in [4.69, 9.17) is 37.4 Å². The number of ether oxygens (including phenoxy) is 3. The maximum Gasteiger partial charge on any atom is 0.341 e. The van der Waals surface area contributed by atoms with Crippen molar-refractivity contribution in [2.75, 3.05) is 19.0 Å². The van der Waals surface area contributed by atoms with E-state index in [-0.39, 0.29) is 10.6 Å². The van der Waals surface area contributed by atoms with Gasteiger partial charge in [-0.05, 0) is 36.4 Å². The molecule has 1 aromatic heterocycles. The van der Waals surface area contributed by atoms with Gasteiger partial charge in [-0.2, -0.15) is 0 Å². The number of aliphatic hydroxyl groups excluding tert-OH is 3. The number of benzene rings is 2. The number of carbonyl (C=O) groups is 2. The van der Waals surface area contributed by atoms with Crippen molar-refractivity contribution in [3.8, 4) is 5.75 Å². The molecule has 202 valence electrons. The number of nitrogens with one attached hydrogen (secondary N) is 2. The Balaban J connectivity index is 1.61. The van der Waals surface area contributed by atoms with Crippen molar-refractivity contribution in [1.82, 2.24) is 10.3 Å². The Kier molecular flexibility index (Phi) is 8.56. The molecular weight excluding hydrogens is 541 g/mol. The largest absolute Gasteiger partial charge is 0.465 e. The average Bonchev–Trinajstić information content (AvgIpc) is 2.91. The Morgan fingerprint density at radius 2 is 1.82 bits per heavy atom. The van der Waals surface area contributed by atoms with E-state index < -0.39 is 49.1 Å². The number of hydrogen-bond acceptors (Lipinski definition) is 10. The zero-order valence-corrected chi connectivity index (χ0v) is 21.7. The number of methoxy groups -OCH3 is 1. The van der Waals surface area contributed by atoms with E-state index in [2.05, 4.69) is 15.6 Å². The number of aromatic nitrogens is 1. The molecule has 0 radical (unpaired) electrons. The number of anilines is 2. The fourth-order valence-corrected chi connectivity index (χ4v) is 4.44. The van der Waals surface area contributed by atoms with Crippen molar-refractivity contribution in [3.63, 3.8) is 0 Å². The van der Waals surface area contributed by atoms with Gasteiger partial charge in [0.05, 0.1) is 35.0 Å². The molecule has 13 heteroatoms. The maximum absolute atomic E-state index is 12.4. The summed E-state index contributed by atoms with van der Waals surface area (Å²) in [5.74, 6) is -0.767. The van der Waals surface area contributed by atoms with E-state index in [0.717, 1.165) is 0 Å². The summed E-state index contributed by atoms with van der Waals surface area (Å²) in [6.07, 6.45) is -3.83. The fourth-order valence-electron chi connectivity index (χ4n) is 4.07. The molecule has 38 heavy (non-hydrogen) atoms. The molecule has 11 nitrogen and oxygen atoms in total. The minimum absolute atomic E-state index is 0.176. The molecular formula is C25H25Cl2N3O8. The lowest BCUT2D eigenvalue weighted by Gasteiger charge is -2.42. The number of halogens is 2. The monoisotopic (exact) mass is 565 g/mol. The fraction of sp³-hybridized carbons (Fsp3) is 0.320. The Hall–Kier alpha value is -3.19. The molecule has 1 saturated heterocycles. The van der Waals surface area contributed by atoms with Crippen molar-refractivity contribution in [2.45, 2.75) is 37.6 Å². The van der Waals surface area contributed by atoms with E-state index >= 15 is 0 Å². The van der Waals surface area contributed by atoms with Gasteiger partial charge in [-0.1, -0.05) is 23.2 Å². The summed E-state index contributed by atoms with van der Waals surface area (Å²) in [6, 6.07) is 8.68. The minimum Gasteiger partial charge on any atom is -0.465 e. The van der Waals surface area contributed by atoms with Crippen LogP contribution in [0.3, 0.4) is 0 Å². The predicted molar refractivity (Wildman–Crippen MR) is 139 cm³/mol. The van der Waals surface area contributed by atoms with Crippen LogP contribution in [0.5, 0.6) is 5.75 Å². The van der Waals surface area contributed by atoms with Gasteiger partial charge < -0.3 is 40.2 Å². The maximum atomic E-state index is 12.4. The van der Waals surface area contributed by atoms with Gasteiger partial charge in [0.15, 0.2) is 0 Å². The molecule has 4 rings (SSSR count). The van der Waals surface area contributed by atoms with Gasteiger partial charge in [0.25, 0.3) is 0 Å². The number of nitrogens with zero attached hydrogens (tertiary/aromatic N) is 1. The van der Waals surface area contributed by atoms with Gasteiger partial charge >= 0.3 is 5.97 Å². The highest BCUT2D eigenvalue weighted by Crippen LogP contribution is 2.36. The molecule has 1 aliphatic rings. The topological polar surface area (TPSA) is 159 Å². The summed E-state index contributed by atoms with van der Waals surface area (Å²) in [4.78, 5) is 28.3. The third-order valence-electron chi connectivity index (χ3n) is 5.96. The van der Waals surface area contributed by atoms with Crippen LogP contribution < -0.4 is 15.4 Å². The molecule has 0 aliphatic carbocycles. The molecule has 1 amide bonds. The van der Waals surface area contributed by atoms with E-state index in [0.29, 0.717) is 33.0 Å². The first-order chi connectivity index (χ1) is 18.1. The molecule has 1 fully saturated rings. The highest BCUT2D eigenvalue weighted by atomic mass is 35.5. The number of fused-ring (bicyclic) bond motifs is 1. The Morgan fingerprint density at radius 3 is 2.45 bits per heavy atom. The van der Waals surface area contributed by atoms with Crippen molar-refractivity contribution >= 4 is 57.4 Å². The zero-order valence-electron chi connectivity index (χ0n) is 20.2. The lowest BCUT2D eigenvalue weighted by molar-refractivity contribution is -0.244. The van der Waals surface area contributed by atoms with Crippen LogP contribution in [-0.2, 0) is 14.3 Å². The van der Waals surface area contributed by atoms with Gasteiger partial charge in [-0.3, -0.25) is 9.78 Å². The van der Waals surface area contributed by atoms with Crippen LogP contribution in [0.1, 0.15) is 17.3 Å². The van der Waals surface area contributed by atoms with Gasteiger partial charge in [-0.15, -0.1) is 0 Å². The quantitative estimate of drug-likeness (QED) is 0.269. The van der Waals surface area contributed by atoms with Crippen molar-refractivity contribution in [1.29, 1.82) is 0 Å². The number of hydrogen-bond donors (Lipinski definition) is 5. The second kappa shape index (κ2) is 11.7. The zero-order chi connectivity index (χ0) is 27.6. The van der Waals surface area contributed by atoms with Crippen molar-refractivity contribution < 1.29 is 39.1 Å². The van der Waals surface area contributed by atoms with Crippen LogP contribution in [0, 0.1) is 0 Å². The summed E-state index contributed by atoms with van der Waals surface area (Å²) >= 11 is 12.4. The number of rotatable bonds is 7. The van der Waals surface area contributed by atoms with E-state index in [1.54, 1.807) is 36.4 Å². The van der Waals surface area contributed by atoms with Gasteiger partial charge in [-0.25, -0.2) is 4.79 Å². The standard InChI is InChI=1S/C25H25Cl2N3O8/c1-11(32)29-21-23(34)22(33)17(10-31)38-25(21)37-13-5-3-12(4-6-13)30-19-14-7-8-16(26)18(27)20(14)28-9-15(19)24(35)36-2/h3-9,17,21-23,25,31,33-34H,10H2,1-2H3,(H,28,30)(H,29,32)/t17-,21+,22+,23-,25-/m0/s1. The third kappa shape index (κ3) is 5.63. The summed E-state index contributed by atoms with van der Waals surface area (Å²) in [5, 5.41) is 36.9. The van der Waals surface area contributed by atoms with E-state index in [1.807, 2.05) is 0 Å². The summed E-state index contributed by atoms with van der Waals surface area (Å²) < 4.78 is 16.3. The average molecular weight is 566 g/mol. The summed E-state index contributed by atoms with van der Waals surface area (Å²) in [6.45, 7) is 0.687. The summed E-state index contributed by atoms with van der Waals surface area (Å²) in [7, 11) is 1.26. The predicted octanol–water partition coefficient (Wildman–Crippen LogP) is 2.39. The first-order valence-electron chi connectivity index (χ1n) is 11.4. The smallest absolute Gasteiger partial charge is 0.341 e. The highest BCUT2D eigenvalue weighted by Gasteiger charge is 2.46. The second-order valence-corrected chi connectivity index (χ2v) is 9.28. The van der Waals surface area contributed by atoms with Gasteiger partial charge in [0.1, 0.15) is 35.7 Å². The van der Waals surface area contributed by atoms with Crippen LogP contribution in [0.15, 0.2) is 42.6 Å². The summed E-state index contributed by atoms with van der Waals surface area (Å²) in [5.41, 5.74) is 1.54. The van der Waals surface area contributed by atoms with Crippen LogP contribution in [0.4, 0.5) is 11.4 Å². The van der Waals surface area contributed by atoms with Gasteiger partial charge in [0, 0.05) is 24.2 Å². The molecule has 0 unspecified atom stereocenters. The molecule has 2 heterocycles. The van der Waals surface area contributed by atoms with Gasteiger partial charge in [0.2, 0.25) is 12.2 Å². The molecule has 0 saturated carbocycles. The van der Waals surface area contributed by atoms with Crippen LogP contribution in [0.2, 0.25) is 10.0 Å². The van der Waals surface area contributed by atoms with Crippen molar-refractivity contribution in [2.24, 2.45) is 0 Å². The minimum atomic E-state index is -1.44. The first kappa shape index (κ1) is 27.8. The molecule has 0 bridgehead atoms. The number of pyridine rings is 1. The number of carbonyl (C=O) groups excluding carboxylic acids is 2. The SMILES string of the molecule is COC(=O)c1cnc2c(Cl)c(Cl)ccc2c1Nc1ccc(O[C@H]2O[C@@H](CO)[C@@H](O)[C@@H](O)[C@H]2NC(C)=O)cc1. The molecule has 2 aromatic carbocycles. The first-order valence-corrected chi connectivity index (χ1v) is 12.2. The molecule has 5 atom stereocenters. The van der Waals surface area contributed by atoms with E-state index in [9.17, 15) is 24.9 Å². The lowest BCUT2D eigenvalue weighted by Crippen LogP contribution is -2.65.